The monoisotopic (exact) mass is 469 g/mol. The third-order valence-electron chi connectivity index (χ3n) is 4.68. The molecule has 0 unspecified atom stereocenters. The summed E-state index contributed by atoms with van der Waals surface area (Å²) in [4.78, 5) is 38.6. The minimum Gasteiger partial charge on any atom is -0.482 e. The van der Waals surface area contributed by atoms with Crippen molar-refractivity contribution in [2.75, 3.05) is 28.7 Å². The molecule has 162 valence electrons. The van der Waals surface area contributed by atoms with Gasteiger partial charge in [0.1, 0.15) is 12.3 Å². The number of carbonyl (C=O) groups excluding carboxylic acids is 3. The Kier molecular flexibility index (Phi) is 6.30. The van der Waals surface area contributed by atoms with E-state index in [-0.39, 0.29) is 25.0 Å². The fourth-order valence-electron chi connectivity index (χ4n) is 3.19. The Morgan fingerprint density at radius 1 is 1.03 bits per heavy atom. The van der Waals surface area contributed by atoms with Gasteiger partial charge in [-0.2, -0.15) is 0 Å². The van der Waals surface area contributed by atoms with Crippen molar-refractivity contribution in [1.29, 1.82) is 0 Å². The van der Waals surface area contributed by atoms with E-state index < -0.39 is 5.91 Å². The highest BCUT2D eigenvalue weighted by molar-refractivity contribution is 6.34. The van der Waals surface area contributed by atoms with Gasteiger partial charge in [0.25, 0.3) is 11.8 Å². The second kappa shape index (κ2) is 9.30. The number of carbonyl (C=O) groups is 3. The maximum Gasteiger partial charge on any atom is 0.262 e. The van der Waals surface area contributed by atoms with Gasteiger partial charge in [-0.25, -0.2) is 0 Å². The summed E-state index contributed by atoms with van der Waals surface area (Å²) in [6, 6.07) is 18.2. The normalized spacial score (nSPS) is 12.6. The van der Waals surface area contributed by atoms with Crippen LogP contribution in [0.4, 0.5) is 17.1 Å². The highest BCUT2D eigenvalue weighted by Crippen LogP contribution is 2.30. The number of ether oxygens (including phenoxy) is 1. The number of para-hydroxylation sites is 2. The van der Waals surface area contributed by atoms with E-state index in [1.54, 1.807) is 60.7 Å². The van der Waals surface area contributed by atoms with E-state index in [2.05, 4.69) is 10.6 Å². The fraction of sp³-hybridized carbons (Fsp3) is 0.0870. The van der Waals surface area contributed by atoms with E-state index in [4.69, 9.17) is 27.9 Å². The first-order valence-electron chi connectivity index (χ1n) is 9.59. The minimum absolute atomic E-state index is 0.0717. The summed E-state index contributed by atoms with van der Waals surface area (Å²) in [5.74, 6) is -0.673. The van der Waals surface area contributed by atoms with Crippen LogP contribution in [0.2, 0.25) is 10.0 Å². The number of hydrogen-bond donors (Lipinski definition) is 2. The largest absolute Gasteiger partial charge is 0.482 e. The number of fused-ring (bicyclic) bond motifs is 1. The van der Waals surface area contributed by atoms with Crippen LogP contribution in [0.15, 0.2) is 66.7 Å². The van der Waals surface area contributed by atoms with Crippen LogP contribution in [0.5, 0.6) is 5.75 Å². The number of benzene rings is 3. The molecule has 0 atom stereocenters. The van der Waals surface area contributed by atoms with Crippen molar-refractivity contribution >= 4 is 58.0 Å². The number of hydrogen-bond acceptors (Lipinski definition) is 4. The molecule has 9 heteroatoms. The van der Waals surface area contributed by atoms with Crippen LogP contribution < -0.4 is 20.3 Å². The Balaban J connectivity index is 1.40. The highest BCUT2D eigenvalue weighted by atomic mass is 35.5. The zero-order valence-corrected chi connectivity index (χ0v) is 18.1. The van der Waals surface area contributed by atoms with E-state index in [9.17, 15) is 14.4 Å². The van der Waals surface area contributed by atoms with Crippen molar-refractivity contribution in [2.24, 2.45) is 0 Å². The summed E-state index contributed by atoms with van der Waals surface area (Å²) in [7, 11) is 0. The third-order valence-corrected chi connectivity index (χ3v) is 5.23. The molecule has 4 rings (SSSR count). The van der Waals surface area contributed by atoms with E-state index in [1.807, 2.05) is 0 Å². The van der Waals surface area contributed by atoms with Crippen LogP contribution in [0, 0.1) is 0 Å². The molecular formula is C23H17Cl2N3O4. The molecule has 7 nitrogen and oxygen atoms in total. The lowest BCUT2D eigenvalue weighted by atomic mass is 10.1. The van der Waals surface area contributed by atoms with E-state index in [0.29, 0.717) is 38.4 Å². The highest BCUT2D eigenvalue weighted by Gasteiger charge is 2.27. The van der Waals surface area contributed by atoms with Crippen molar-refractivity contribution < 1.29 is 19.1 Å². The second-order valence-electron chi connectivity index (χ2n) is 6.95. The first kappa shape index (κ1) is 21.7. The van der Waals surface area contributed by atoms with Crippen molar-refractivity contribution in [3.63, 3.8) is 0 Å². The van der Waals surface area contributed by atoms with Gasteiger partial charge in [0.2, 0.25) is 5.91 Å². The van der Waals surface area contributed by atoms with Gasteiger partial charge in [-0.3, -0.25) is 19.3 Å². The van der Waals surface area contributed by atoms with Gasteiger partial charge in [0.15, 0.2) is 6.61 Å². The zero-order valence-electron chi connectivity index (χ0n) is 16.6. The molecule has 3 aromatic carbocycles. The van der Waals surface area contributed by atoms with E-state index >= 15 is 0 Å². The number of anilines is 3. The molecule has 0 spiro atoms. The smallest absolute Gasteiger partial charge is 0.262 e. The van der Waals surface area contributed by atoms with Gasteiger partial charge in [0.05, 0.1) is 16.4 Å². The molecule has 3 aromatic rings. The average Bonchev–Trinajstić information content (AvgIpc) is 2.79. The summed E-state index contributed by atoms with van der Waals surface area (Å²) in [5, 5.41) is 6.22. The Bertz CT molecular complexity index is 1200. The molecule has 3 amide bonds. The van der Waals surface area contributed by atoms with Crippen LogP contribution in [-0.2, 0) is 9.59 Å². The minimum atomic E-state index is -0.401. The summed E-state index contributed by atoms with van der Waals surface area (Å²) in [6.07, 6.45) is 0. The molecule has 0 radical (unpaired) electrons. The summed E-state index contributed by atoms with van der Waals surface area (Å²) in [5.41, 5.74) is 2.09. The lowest BCUT2D eigenvalue weighted by molar-refractivity contribution is -0.118. The van der Waals surface area contributed by atoms with Crippen molar-refractivity contribution in [3.05, 3.63) is 82.3 Å². The molecule has 1 aliphatic heterocycles. The third kappa shape index (κ3) is 4.85. The predicted molar refractivity (Wildman–Crippen MR) is 124 cm³/mol. The molecule has 0 aromatic heterocycles. The molecule has 0 bridgehead atoms. The second-order valence-corrected chi connectivity index (χ2v) is 7.79. The predicted octanol–water partition coefficient (Wildman–Crippen LogP) is 4.61. The zero-order chi connectivity index (χ0) is 22.7. The average molecular weight is 470 g/mol. The number of rotatable bonds is 5. The Labute approximate surface area is 193 Å². The molecule has 0 saturated carbocycles. The van der Waals surface area contributed by atoms with Crippen molar-refractivity contribution in [1.82, 2.24) is 0 Å². The summed E-state index contributed by atoms with van der Waals surface area (Å²) in [6.45, 7) is -0.335. The molecule has 1 aliphatic rings. The lowest BCUT2D eigenvalue weighted by Crippen LogP contribution is -2.42. The molecule has 32 heavy (non-hydrogen) atoms. The Morgan fingerprint density at radius 3 is 2.56 bits per heavy atom. The Morgan fingerprint density at radius 2 is 1.78 bits per heavy atom. The lowest BCUT2D eigenvalue weighted by Gasteiger charge is -2.29. The van der Waals surface area contributed by atoms with Gasteiger partial charge in [0, 0.05) is 22.3 Å². The van der Waals surface area contributed by atoms with Gasteiger partial charge in [-0.1, -0.05) is 35.3 Å². The summed E-state index contributed by atoms with van der Waals surface area (Å²) < 4.78 is 5.41. The number of nitrogens with one attached hydrogen (secondary N) is 2. The summed E-state index contributed by atoms with van der Waals surface area (Å²) >= 11 is 11.9. The molecule has 2 N–H and O–H groups in total. The van der Waals surface area contributed by atoms with Crippen LogP contribution in [0.3, 0.4) is 0 Å². The molecule has 0 fully saturated rings. The molecular weight excluding hydrogens is 453 g/mol. The van der Waals surface area contributed by atoms with Crippen LogP contribution in [0.25, 0.3) is 0 Å². The maximum absolute atomic E-state index is 13.0. The van der Waals surface area contributed by atoms with E-state index in [1.165, 1.54) is 11.0 Å². The van der Waals surface area contributed by atoms with Crippen molar-refractivity contribution in [3.8, 4) is 5.75 Å². The topological polar surface area (TPSA) is 87.7 Å². The van der Waals surface area contributed by atoms with Gasteiger partial charge in [-0.15, -0.1) is 0 Å². The molecule has 0 aliphatic carbocycles. The first-order chi connectivity index (χ1) is 15.4. The maximum atomic E-state index is 13.0. The van der Waals surface area contributed by atoms with E-state index in [0.717, 1.165) is 0 Å². The van der Waals surface area contributed by atoms with Crippen LogP contribution in [0.1, 0.15) is 10.4 Å². The fourth-order valence-corrected chi connectivity index (χ4v) is 3.53. The molecule has 1 heterocycles. The van der Waals surface area contributed by atoms with Gasteiger partial charge >= 0.3 is 0 Å². The van der Waals surface area contributed by atoms with Crippen LogP contribution >= 0.6 is 23.2 Å². The van der Waals surface area contributed by atoms with Crippen LogP contribution in [-0.4, -0.2) is 30.9 Å². The van der Waals surface area contributed by atoms with Crippen molar-refractivity contribution in [2.45, 2.75) is 0 Å². The first-order valence-corrected chi connectivity index (χ1v) is 10.3. The Hall–Kier alpha value is -3.55. The van der Waals surface area contributed by atoms with Gasteiger partial charge in [-0.05, 0) is 48.5 Å². The quantitative estimate of drug-likeness (QED) is 0.570. The standard InChI is InChI=1S/C23H17Cl2N3O4/c24-15-7-10-17(25)20(11-15)32-13-22(30)26-16-8-5-14(6-9-16)23(31)28-12-21(29)27-18-3-1-2-4-19(18)28/h1-11H,12-13H2,(H,26,30)(H,27,29). The van der Waals surface area contributed by atoms with Gasteiger partial charge < -0.3 is 15.4 Å². The number of amides is 3. The molecule has 0 saturated heterocycles. The number of nitrogens with zero attached hydrogens (tertiary/aromatic N) is 1. The number of halogens is 2. The SMILES string of the molecule is O=C(COc1cc(Cl)ccc1Cl)Nc1ccc(C(=O)N2CC(=O)Nc3ccccc32)cc1.